The highest BCUT2D eigenvalue weighted by molar-refractivity contribution is 5.88. The van der Waals surface area contributed by atoms with Gasteiger partial charge in [0.1, 0.15) is 5.58 Å². The van der Waals surface area contributed by atoms with Crippen molar-refractivity contribution in [3.05, 3.63) is 87.3 Å². The van der Waals surface area contributed by atoms with Gasteiger partial charge in [0, 0.05) is 6.07 Å². The second kappa shape index (κ2) is 4.70. The van der Waals surface area contributed by atoms with Crippen LogP contribution in [0.25, 0.3) is 27.8 Å². The van der Waals surface area contributed by atoms with Gasteiger partial charge < -0.3 is 4.42 Å². The second-order valence-corrected chi connectivity index (χ2v) is 4.99. The van der Waals surface area contributed by atoms with Crippen LogP contribution in [0.3, 0.4) is 0 Å². The summed E-state index contributed by atoms with van der Waals surface area (Å²) in [7, 11) is 0. The van der Waals surface area contributed by atoms with Crippen molar-refractivity contribution >= 4 is 22.1 Å². The molecule has 4 rings (SSSR count). The lowest BCUT2D eigenvalue weighted by molar-refractivity contribution is 0.627. The van der Waals surface area contributed by atoms with Crippen LogP contribution in [0, 0.1) is 0 Å². The first-order valence-electron chi connectivity index (χ1n) is 6.89. The predicted molar refractivity (Wildman–Crippen MR) is 85.6 cm³/mol. The zero-order chi connectivity index (χ0) is 15.1. The first kappa shape index (κ1) is 12.6. The number of aromatic nitrogens is 1. The first-order chi connectivity index (χ1) is 10.8. The van der Waals surface area contributed by atoms with Crippen LogP contribution in [0.1, 0.15) is 0 Å². The predicted octanol–water partition coefficient (Wildman–Crippen LogP) is 3.10. The van der Waals surface area contributed by atoms with E-state index < -0.39 is 0 Å². The van der Waals surface area contributed by atoms with E-state index in [1.165, 1.54) is 16.7 Å². The molecule has 2 aromatic heterocycles. The van der Waals surface area contributed by atoms with Crippen LogP contribution in [-0.2, 0) is 0 Å². The van der Waals surface area contributed by atoms with E-state index in [9.17, 15) is 9.59 Å². The lowest BCUT2D eigenvalue weighted by Gasteiger charge is -2.09. The van der Waals surface area contributed by atoms with Crippen molar-refractivity contribution in [2.24, 2.45) is 0 Å². The summed E-state index contributed by atoms with van der Waals surface area (Å²) in [4.78, 5) is 24.9. The van der Waals surface area contributed by atoms with Gasteiger partial charge in [-0.05, 0) is 30.3 Å². The molecular weight excluding hydrogens is 278 g/mol. The van der Waals surface area contributed by atoms with Gasteiger partial charge >= 0.3 is 0 Å². The minimum atomic E-state index is -0.239. The van der Waals surface area contributed by atoms with Crippen LogP contribution in [0.5, 0.6) is 0 Å². The number of benzene rings is 2. The second-order valence-electron chi connectivity index (χ2n) is 4.99. The van der Waals surface area contributed by atoms with Crippen LogP contribution < -0.4 is 11.0 Å². The molecule has 2 aromatic carbocycles. The van der Waals surface area contributed by atoms with Gasteiger partial charge in [0.2, 0.25) is 11.1 Å². The molecule has 0 unspecified atom stereocenters. The summed E-state index contributed by atoms with van der Waals surface area (Å²) >= 11 is 0. The Morgan fingerprint density at radius 3 is 2.27 bits per heavy atom. The van der Waals surface area contributed by atoms with E-state index in [1.54, 1.807) is 36.4 Å². The van der Waals surface area contributed by atoms with Crippen molar-refractivity contribution in [1.82, 2.24) is 4.57 Å². The summed E-state index contributed by atoms with van der Waals surface area (Å²) in [5.74, 6) is 0. The van der Waals surface area contributed by atoms with E-state index in [0.29, 0.717) is 22.0 Å². The molecule has 0 aliphatic rings. The van der Waals surface area contributed by atoms with Crippen molar-refractivity contribution in [3.8, 4) is 5.69 Å². The summed E-state index contributed by atoms with van der Waals surface area (Å²) in [6.45, 7) is 0. The number of hydrogen-bond donors (Lipinski definition) is 0. The van der Waals surface area contributed by atoms with Gasteiger partial charge in [0.15, 0.2) is 0 Å². The highest BCUT2D eigenvalue weighted by Gasteiger charge is 2.12. The zero-order valence-corrected chi connectivity index (χ0v) is 11.5. The molecule has 0 saturated heterocycles. The van der Waals surface area contributed by atoms with E-state index in [1.807, 2.05) is 18.2 Å². The Hall–Kier alpha value is -3.14. The van der Waals surface area contributed by atoms with E-state index in [-0.39, 0.29) is 16.7 Å². The summed E-state index contributed by atoms with van der Waals surface area (Å²) < 4.78 is 7.28. The van der Waals surface area contributed by atoms with Crippen LogP contribution >= 0.6 is 0 Å². The minimum absolute atomic E-state index is 0.137. The van der Waals surface area contributed by atoms with Crippen molar-refractivity contribution < 1.29 is 4.42 Å². The molecule has 0 N–H and O–H groups in total. The molecule has 0 atom stereocenters. The molecule has 0 aliphatic heterocycles. The average molecular weight is 289 g/mol. The summed E-state index contributed by atoms with van der Waals surface area (Å²) in [5, 5.41) is 0.899. The Labute approximate surface area is 124 Å². The van der Waals surface area contributed by atoms with Gasteiger partial charge in [-0.3, -0.25) is 9.59 Å². The Balaban J connectivity index is 2.24. The molecule has 0 bridgehead atoms. The Morgan fingerprint density at radius 2 is 1.45 bits per heavy atom. The van der Waals surface area contributed by atoms with Crippen LogP contribution in [0.2, 0.25) is 0 Å². The Bertz CT molecular complexity index is 1110. The number of hydrogen-bond acceptors (Lipinski definition) is 3. The molecule has 106 valence electrons. The van der Waals surface area contributed by atoms with E-state index >= 15 is 0 Å². The zero-order valence-electron chi connectivity index (χ0n) is 11.5. The van der Waals surface area contributed by atoms with Gasteiger partial charge in [0.25, 0.3) is 5.56 Å². The molecule has 0 amide bonds. The smallest absolute Gasteiger partial charge is 0.257 e. The topological polar surface area (TPSA) is 52.2 Å². The average Bonchev–Trinajstić information content (AvgIpc) is 2.56. The quantitative estimate of drug-likeness (QED) is 0.506. The SMILES string of the molecule is O=c1c2ccccc2oc2c1ccc(=O)n2-c1ccccc1. The number of nitrogens with zero attached hydrogens (tertiary/aromatic N) is 1. The standard InChI is InChI=1S/C18H11NO3/c20-16-11-10-14-17(21)13-8-4-5-9-15(13)22-18(14)19(16)12-6-2-1-3-7-12/h1-11H. The largest absolute Gasteiger partial charge is 0.439 e. The van der Waals surface area contributed by atoms with Crippen LogP contribution in [0.4, 0.5) is 0 Å². The maximum Gasteiger partial charge on any atom is 0.257 e. The molecule has 4 nitrogen and oxygen atoms in total. The summed E-state index contributed by atoms with van der Waals surface area (Å²) in [6, 6.07) is 19.1. The third-order valence-corrected chi connectivity index (χ3v) is 3.64. The van der Waals surface area contributed by atoms with Crippen molar-refractivity contribution in [2.45, 2.75) is 0 Å². The number of pyridine rings is 1. The maximum atomic E-state index is 12.6. The summed E-state index contributed by atoms with van der Waals surface area (Å²) in [6.07, 6.45) is 0. The lowest BCUT2D eigenvalue weighted by atomic mass is 10.2. The van der Waals surface area contributed by atoms with Crippen molar-refractivity contribution in [2.75, 3.05) is 0 Å². The molecular formula is C18H11NO3. The van der Waals surface area contributed by atoms with E-state index in [4.69, 9.17) is 4.42 Å². The van der Waals surface area contributed by atoms with Gasteiger partial charge in [-0.25, -0.2) is 4.57 Å². The first-order valence-corrected chi connectivity index (χ1v) is 6.89. The van der Waals surface area contributed by atoms with Crippen molar-refractivity contribution in [1.29, 1.82) is 0 Å². The number of fused-ring (bicyclic) bond motifs is 2. The lowest BCUT2D eigenvalue weighted by Crippen LogP contribution is -2.19. The van der Waals surface area contributed by atoms with Gasteiger partial charge in [-0.2, -0.15) is 0 Å². The Morgan fingerprint density at radius 1 is 0.727 bits per heavy atom. The molecule has 0 aliphatic carbocycles. The fourth-order valence-electron chi connectivity index (χ4n) is 2.61. The molecule has 4 heteroatoms. The fourth-order valence-corrected chi connectivity index (χ4v) is 2.61. The third kappa shape index (κ3) is 1.78. The van der Waals surface area contributed by atoms with Crippen LogP contribution in [-0.4, -0.2) is 4.57 Å². The molecule has 22 heavy (non-hydrogen) atoms. The third-order valence-electron chi connectivity index (χ3n) is 3.64. The number of rotatable bonds is 1. The Kier molecular flexibility index (Phi) is 2.69. The monoisotopic (exact) mass is 289 g/mol. The summed E-state index contributed by atoms with van der Waals surface area (Å²) in [5.41, 5.74) is 1.02. The van der Waals surface area contributed by atoms with Crippen LogP contribution in [0.15, 0.2) is 80.7 Å². The molecule has 0 saturated carbocycles. The normalized spacial score (nSPS) is 11.1. The highest BCUT2D eigenvalue weighted by atomic mass is 16.3. The van der Waals surface area contributed by atoms with Gasteiger partial charge in [-0.1, -0.05) is 30.3 Å². The highest BCUT2D eigenvalue weighted by Crippen LogP contribution is 2.19. The van der Waals surface area contributed by atoms with Gasteiger partial charge in [0.05, 0.1) is 16.5 Å². The molecule has 0 radical (unpaired) electrons. The molecule has 4 aromatic rings. The molecule has 0 fully saturated rings. The molecule has 2 heterocycles. The number of para-hydroxylation sites is 2. The fraction of sp³-hybridized carbons (Fsp3) is 0. The molecule has 0 spiro atoms. The van der Waals surface area contributed by atoms with E-state index in [0.717, 1.165) is 0 Å². The van der Waals surface area contributed by atoms with Crippen molar-refractivity contribution in [3.63, 3.8) is 0 Å². The maximum absolute atomic E-state index is 12.6. The van der Waals surface area contributed by atoms with Gasteiger partial charge in [-0.15, -0.1) is 0 Å². The van der Waals surface area contributed by atoms with E-state index in [2.05, 4.69) is 0 Å². The minimum Gasteiger partial charge on any atom is -0.439 e.